The highest BCUT2D eigenvalue weighted by atomic mass is 15.3. The molecule has 0 radical (unpaired) electrons. The van der Waals surface area contributed by atoms with E-state index in [9.17, 15) is 0 Å². The van der Waals surface area contributed by atoms with Crippen molar-refractivity contribution in [2.45, 2.75) is 26.4 Å². The molecule has 17 heavy (non-hydrogen) atoms. The van der Waals surface area contributed by atoms with Crippen molar-refractivity contribution >= 4 is 0 Å². The minimum Gasteiger partial charge on any atom is -0.317 e. The average molecular weight is 231 g/mol. The molecule has 0 aliphatic rings. The van der Waals surface area contributed by atoms with Crippen LogP contribution >= 0.6 is 0 Å². The van der Waals surface area contributed by atoms with Crippen LogP contribution in [0.4, 0.5) is 0 Å². The van der Waals surface area contributed by atoms with E-state index in [0.29, 0.717) is 0 Å². The third-order valence-electron chi connectivity index (χ3n) is 2.66. The van der Waals surface area contributed by atoms with Crippen LogP contribution in [0, 0.1) is 0 Å². The summed E-state index contributed by atoms with van der Waals surface area (Å²) in [7, 11) is 0. The highest BCUT2D eigenvalue weighted by molar-refractivity contribution is 5.09. The first-order chi connectivity index (χ1) is 8.40. The minimum atomic E-state index is 0.763. The number of hydrogen-bond acceptors (Lipinski definition) is 4. The normalized spacial score (nSPS) is 10.6. The summed E-state index contributed by atoms with van der Waals surface area (Å²) in [6, 6.07) is 4.08. The Morgan fingerprint density at radius 3 is 2.88 bits per heavy atom. The van der Waals surface area contributed by atoms with Crippen LogP contribution in [0.15, 0.2) is 30.9 Å². The molecule has 0 atom stereocenters. The van der Waals surface area contributed by atoms with Crippen molar-refractivity contribution in [2.75, 3.05) is 6.54 Å². The SMILES string of the molecule is CCn1cnnc1CNCCc1ccncc1. The molecule has 2 aromatic rings. The van der Waals surface area contributed by atoms with Crippen LogP contribution in [0.25, 0.3) is 0 Å². The summed E-state index contributed by atoms with van der Waals surface area (Å²) in [5.41, 5.74) is 1.30. The topological polar surface area (TPSA) is 55.6 Å². The standard InChI is InChI=1S/C12H17N5/c1-2-17-10-15-16-12(17)9-14-8-5-11-3-6-13-7-4-11/h3-4,6-7,10,14H,2,5,8-9H2,1H3. The molecule has 0 fully saturated rings. The third kappa shape index (κ3) is 3.35. The van der Waals surface area contributed by atoms with Crippen LogP contribution in [0.3, 0.4) is 0 Å². The molecule has 0 saturated heterocycles. The molecule has 2 heterocycles. The summed E-state index contributed by atoms with van der Waals surface area (Å²) < 4.78 is 2.04. The fraction of sp³-hybridized carbons (Fsp3) is 0.417. The van der Waals surface area contributed by atoms with Gasteiger partial charge in [-0.3, -0.25) is 4.98 Å². The van der Waals surface area contributed by atoms with Gasteiger partial charge >= 0.3 is 0 Å². The molecule has 0 bridgehead atoms. The second kappa shape index (κ2) is 6.10. The van der Waals surface area contributed by atoms with Crippen molar-refractivity contribution in [3.63, 3.8) is 0 Å². The van der Waals surface area contributed by atoms with E-state index < -0.39 is 0 Å². The highest BCUT2D eigenvalue weighted by Crippen LogP contribution is 1.97. The molecule has 0 saturated carbocycles. The van der Waals surface area contributed by atoms with Crippen LogP contribution < -0.4 is 5.32 Å². The smallest absolute Gasteiger partial charge is 0.146 e. The zero-order valence-corrected chi connectivity index (χ0v) is 10.0. The second-order valence-electron chi connectivity index (χ2n) is 3.82. The van der Waals surface area contributed by atoms with Crippen molar-refractivity contribution in [1.29, 1.82) is 0 Å². The van der Waals surface area contributed by atoms with Crippen molar-refractivity contribution in [2.24, 2.45) is 0 Å². The lowest BCUT2D eigenvalue weighted by atomic mass is 10.2. The van der Waals surface area contributed by atoms with Crippen LogP contribution in [-0.2, 0) is 19.5 Å². The van der Waals surface area contributed by atoms with Crippen molar-refractivity contribution < 1.29 is 0 Å². The van der Waals surface area contributed by atoms with Crippen molar-refractivity contribution in [1.82, 2.24) is 25.1 Å². The molecule has 2 rings (SSSR count). The summed E-state index contributed by atoms with van der Waals surface area (Å²) in [6.07, 6.45) is 6.41. The van der Waals surface area contributed by atoms with Crippen molar-refractivity contribution in [3.05, 3.63) is 42.2 Å². The van der Waals surface area contributed by atoms with E-state index in [4.69, 9.17) is 0 Å². The molecule has 5 heteroatoms. The Labute approximate surface area is 101 Å². The lowest BCUT2D eigenvalue weighted by Gasteiger charge is -2.05. The van der Waals surface area contributed by atoms with Crippen LogP contribution in [0.5, 0.6) is 0 Å². The lowest BCUT2D eigenvalue weighted by Crippen LogP contribution is -2.19. The molecule has 5 nitrogen and oxygen atoms in total. The summed E-state index contributed by atoms with van der Waals surface area (Å²) in [6.45, 7) is 4.69. The molecular weight excluding hydrogens is 214 g/mol. The fourth-order valence-electron chi connectivity index (χ4n) is 1.66. The van der Waals surface area contributed by atoms with Gasteiger partial charge < -0.3 is 9.88 Å². The van der Waals surface area contributed by atoms with Gasteiger partial charge in [-0.15, -0.1) is 10.2 Å². The second-order valence-corrected chi connectivity index (χ2v) is 3.82. The van der Waals surface area contributed by atoms with E-state index in [1.165, 1.54) is 5.56 Å². The predicted octanol–water partition coefficient (Wildman–Crippen LogP) is 1.03. The predicted molar refractivity (Wildman–Crippen MR) is 65.3 cm³/mol. The Kier molecular flexibility index (Phi) is 4.21. The van der Waals surface area contributed by atoms with E-state index >= 15 is 0 Å². The quantitative estimate of drug-likeness (QED) is 0.754. The zero-order valence-electron chi connectivity index (χ0n) is 10.0. The van der Waals surface area contributed by atoms with E-state index in [0.717, 1.165) is 31.9 Å². The van der Waals surface area contributed by atoms with Crippen LogP contribution in [0.2, 0.25) is 0 Å². The molecule has 0 aliphatic carbocycles. The van der Waals surface area contributed by atoms with Gasteiger partial charge in [-0.25, -0.2) is 0 Å². The largest absolute Gasteiger partial charge is 0.317 e. The summed E-state index contributed by atoms with van der Waals surface area (Å²) in [5.74, 6) is 0.988. The van der Waals surface area contributed by atoms with E-state index in [1.54, 1.807) is 6.33 Å². The lowest BCUT2D eigenvalue weighted by molar-refractivity contribution is 0.612. The monoisotopic (exact) mass is 231 g/mol. The molecule has 90 valence electrons. The number of pyridine rings is 1. The van der Waals surface area contributed by atoms with Gasteiger partial charge in [0, 0.05) is 18.9 Å². The molecule has 0 unspecified atom stereocenters. The van der Waals surface area contributed by atoms with Gasteiger partial charge in [-0.2, -0.15) is 0 Å². The summed E-state index contributed by atoms with van der Waals surface area (Å²) in [5, 5.41) is 11.3. The van der Waals surface area contributed by atoms with Gasteiger partial charge in [0.25, 0.3) is 0 Å². The number of aryl methyl sites for hydroxylation is 1. The Morgan fingerprint density at radius 1 is 1.29 bits per heavy atom. The highest BCUT2D eigenvalue weighted by Gasteiger charge is 2.01. The number of hydrogen-bond donors (Lipinski definition) is 1. The van der Waals surface area contributed by atoms with Gasteiger partial charge in [-0.05, 0) is 37.6 Å². The number of rotatable bonds is 6. The molecule has 0 spiro atoms. The maximum atomic E-state index is 4.07. The fourth-order valence-corrected chi connectivity index (χ4v) is 1.66. The number of nitrogens with zero attached hydrogens (tertiary/aromatic N) is 4. The molecular formula is C12H17N5. The van der Waals surface area contributed by atoms with E-state index in [1.807, 2.05) is 29.1 Å². The Morgan fingerprint density at radius 2 is 2.12 bits per heavy atom. The van der Waals surface area contributed by atoms with Gasteiger partial charge in [-0.1, -0.05) is 0 Å². The first-order valence-electron chi connectivity index (χ1n) is 5.86. The van der Waals surface area contributed by atoms with E-state index in [-0.39, 0.29) is 0 Å². The van der Waals surface area contributed by atoms with Gasteiger partial charge in [0.2, 0.25) is 0 Å². The third-order valence-corrected chi connectivity index (χ3v) is 2.66. The molecule has 2 aromatic heterocycles. The van der Waals surface area contributed by atoms with Crippen LogP contribution in [-0.4, -0.2) is 26.3 Å². The zero-order chi connectivity index (χ0) is 11.9. The first kappa shape index (κ1) is 11.7. The minimum absolute atomic E-state index is 0.763. The molecule has 0 amide bonds. The Hall–Kier alpha value is -1.75. The maximum absolute atomic E-state index is 4.07. The van der Waals surface area contributed by atoms with Crippen LogP contribution in [0.1, 0.15) is 18.3 Å². The first-order valence-corrected chi connectivity index (χ1v) is 5.86. The number of aromatic nitrogens is 4. The Bertz CT molecular complexity index is 437. The molecule has 0 aromatic carbocycles. The maximum Gasteiger partial charge on any atom is 0.146 e. The average Bonchev–Trinajstić information content (AvgIpc) is 2.83. The summed E-state index contributed by atoms with van der Waals surface area (Å²) in [4.78, 5) is 3.99. The van der Waals surface area contributed by atoms with E-state index in [2.05, 4.69) is 27.4 Å². The van der Waals surface area contributed by atoms with Gasteiger partial charge in [0.1, 0.15) is 12.2 Å². The van der Waals surface area contributed by atoms with Crippen molar-refractivity contribution in [3.8, 4) is 0 Å². The molecule has 1 N–H and O–H groups in total. The molecule has 0 aliphatic heterocycles. The van der Waals surface area contributed by atoms with Gasteiger partial charge in [0.15, 0.2) is 0 Å². The van der Waals surface area contributed by atoms with Gasteiger partial charge in [0.05, 0.1) is 6.54 Å². The number of nitrogens with one attached hydrogen (secondary N) is 1. The summed E-state index contributed by atoms with van der Waals surface area (Å²) >= 11 is 0. The Balaban J connectivity index is 1.73.